The minimum absolute atomic E-state index is 0.129. The minimum Gasteiger partial charge on any atom is -0.384 e. The van der Waals surface area contributed by atoms with Crippen LogP contribution in [0.25, 0.3) is 0 Å². The van der Waals surface area contributed by atoms with Crippen LogP contribution in [0.3, 0.4) is 0 Å². The summed E-state index contributed by atoms with van der Waals surface area (Å²) in [6.07, 6.45) is 1.91. The van der Waals surface area contributed by atoms with E-state index < -0.39 is 0 Å². The average Bonchev–Trinajstić information content (AvgIpc) is 2.34. The molecule has 2 N–H and O–H groups in total. The third kappa shape index (κ3) is 3.05. The topological polar surface area (TPSA) is 60.4 Å². The molecule has 1 rings (SSSR count). The van der Waals surface area contributed by atoms with Gasteiger partial charge in [-0.2, -0.15) is 0 Å². The summed E-state index contributed by atoms with van der Waals surface area (Å²) in [4.78, 5) is 16.2. The Hall–Kier alpha value is -1.01. The van der Waals surface area contributed by atoms with Crippen LogP contribution in [0.15, 0.2) is 31.9 Å². The molecule has 0 aliphatic heterocycles. The number of pyridine rings is 1. The molecule has 0 atom stereocenters. The molecule has 0 saturated heterocycles. The van der Waals surface area contributed by atoms with Gasteiger partial charge in [0, 0.05) is 17.8 Å². The third-order valence-corrected chi connectivity index (χ3v) is 3.65. The van der Waals surface area contributed by atoms with Crippen molar-refractivity contribution in [1.82, 2.24) is 4.57 Å². The number of hydrogen-bond donors (Lipinski definition) is 1. The number of aliphatic imine (C=N–C) groups is 1. The summed E-state index contributed by atoms with van der Waals surface area (Å²) in [5.41, 5.74) is 7.37. The highest BCUT2D eigenvalue weighted by Gasteiger charge is 2.12. The van der Waals surface area contributed by atoms with E-state index in [1.807, 2.05) is 20.1 Å². The van der Waals surface area contributed by atoms with Crippen LogP contribution < -0.4 is 11.3 Å². The second kappa shape index (κ2) is 6.24. The maximum absolute atomic E-state index is 11.8. The molecule has 4 nitrogen and oxygen atoms in total. The lowest BCUT2D eigenvalue weighted by atomic mass is 10.1. The zero-order chi connectivity index (χ0) is 13.9. The molecule has 0 fully saturated rings. The van der Waals surface area contributed by atoms with Crippen LogP contribution in [0.2, 0.25) is 0 Å². The molecule has 1 aromatic rings. The lowest BCUT2D eigenvalue weighted by Crippen LogP contribution is -2.25. The lowest BCUT2D eigenvalue weighted by Gasteiger charge is -2.13. The highest BCUT2D eigenvalue weighted by molar-refractivity contribution is 9.10. The predicted octanol–water partition coefficient (Wildman–Crippen LogP) is 2.86. The Morgan fingerprint density at radius 2 is 2.28 bits per heavy atom. The third-order valence-electron chi connectivity index (χ3n) is 2.52. The molecule has 0 aliphatic carbocycles. The van der Waals surface area contributed by atoms with E-state index >= 15 is 0 Å². The number of halogens is 1. The summed E-state index contributed by atoms with van der Waals surface area (Å²) in [7, 11) is 0. The van der Waals surface area contributed by atoms with E-state index in [2.05, 4.69) is 27.5 Å². The Morgan fingerprint density at radius 1 is 1.67 bits per heavy atom. The fourth-order valence-electron chi connectivity index (χ4n) is 1.54. The van der Waals surface area contributed by atoms with Gasteiger partial charge in [-0.3, -0.25) is 9.36 Å². The second-order valence-corrected chi connectivity index (χ2v) is 5.37. The first-order valence-electron chi connectivity index (χ1n) is 5.39. The SMILES string of the molecule is C=C(/N=C(/C)c1cc(Br)c(=O)n(CC)c1N)SC. The minimum atomic E-state index is -0.129. The van der Waals surface area contributed by atoms with Crippen molar-refractivity contribution < 1.29 is 0 Å². The van der Waals surface area contributed by atoms with Gasteiger partial charge in [0.2, 0.25) is 0 Å². The number of anilines is 1. The van der Waals surface area contributed by atoms with Gasteiger partial charge in [0.1, 0.15) is 5.82 Å². The van der Waals surface area contributed by atoms with Gasteiger partial charge < -0.3 is 5.73 Å². The van der Waals surface area contributed by atoms with E-state index in [0.29, 0.717) is 21.9 Å². The number of rotatable bonds is 4. The van der Waals surface area contributed by atoms with E-state index in [1.165, 1.54) is 16.3 Å². The molecule has 1 heterocycles. The van der Waals surface area contributed by atoms with Crippen LogP contribution in [0.1, 0.15) is 19.4 Å². The van der Waals surface area contributed by atoms with Crippen molar-refractivity contribution in [3.8, 4) is 0 Å². The molecule has 0 aromatic carbocycles. The smallest absolute Gasteiger partial charge is 0.266 e. The molecule has 98 valence electrons. The fourth-order valence-corrected chi connectivity index (χ4v) is 2.21. The van der Waals surface area contributed by atoms with Crippen LogP contribution in [-0.4, -0.2) is 16.5 Å². The van der Waals surface area contributed by atoms with Crippen LogP contribution in [0, 0.1) is 0 Å². The van der Waals surface area contributed by atoms with Gasteiger partial charge in [-0.15, -0.1) is 11.8 Å². The summed E-state index contributed by atoms with van der Waals surface area (Å²) in [6, 6.07) is 1.70. The molecule has 1 aromatic heterocycles. The van der Waals surface area contributed by atoms with Gasteiger partial charge in [-0.25, -0.2) is 4.99 Å². The zero-order valence-electron chi connectivity index (χ0n) is 10.7. The molecule has 0 spiro atoms. The summed E-state index contributed by atoms with van der Waals surface area (Å²) >= 11 is 4.72. The quantitative estimate of drug-likeness (QED) is 0.864. The number of thioether (sulfide) groups is 1. The number of hydrogen-bond acceptors (Lipinski definition) is 4. The Labute approximate surface area is 119 Å². The maximum Gasteiger partial charge on any atom is 0.266 e. The predicted molar refractivity (Wildman–Crippen MR) is 83.4 cm³/mol. The largest absolute Gasteiger partial charge is 0.384 e. The van der Waals surface area contributed by atoms with Gasteiger partial charge in [0.15, 0.2) is 0 Å². The second-order valence-electron chi connectivity index (χ2n) is 3.64. The summed E-state index contributed by atoms with van der Waals surface area (Å²) in [5.74, 6) is 0.431. The Kier molecular flexibility index (Phi) is 5.22. The fraction of sp³-hybridized carbons (Fsp3) is 0.333. The van der Waals surface area contributed by atoms with Gasteiger partial charge in [-0.1, -0.05) is 6.58 Å². The first kappa shape index (κ1) is 15.0. The number of nitrogens with two attached hydrogens (primary N) is 1. The monoisotopic (exact) mass is 329 g/mol. The molecular formula is C12H16BrN3OS. The summed E-state index contributed by atoms with van der Waals surface area (Å²) in [5, 5.41) is 0.706. The van der Waals surface area contributed by atoms with Crippen LogP contribution in [-0.2, 0) is 6.54 Å². The molecule has 0 bridgehead atoms. The van der Waals surface area contributed by atoms with Crippen molar-refractivity contribution in [2.24, 2.45) is 4.99 Å². The van der Waals surface area contributed by atoms with Gasteiger partial charge >= 0.3 is 0 Å². The number of aromatic nitrogens is 1. The molecule has 0 aliphatic rings. The Morgan fingerprint density at radius 3 is 2.78 bits per heavy atom. The molecule has 0 amide bonds. The van der Waals surface area contributed by atoms with Crippen molar-refractivity contribution in [3.63, 3.8) is 0 Å². The Balaban J connectivity index is 3.43. The molecule has 6 heteroatoms. The molecule has 0 unspecified atom stereocenters. The highest BCUT2D eigenvalue weighted by atomic mass is 79.9. The number of nitrogen functional groups attached to an aromatic ring is 1. The van der Waals surface area contributed by atoms with Gasteiger partial charge in [-0.05, 0) is 42.1 Å². The average molecular weight is 330 g/mol. The van der Waals surface area contributed by atoms with E-state index in [1.54, 1.807) is 6.07 Å². The van der Waals surface area contributed by atoms with Gasteiger partial charge in [0.05, 0.1) is 9.50 Å². The highest BCUT2D eigenvalue weighted by Crippen LogP contribution is 2.18. The molecular weight excluding hydrogens is 314 g/mol. The van der Waals surface area contributed by atoms with Crippen molar-refractivity contribution in [1.29, 1.82) is 0 Å². The summed E-state index contributed by atoms with van der Waals surface area (Å²) in [6.45, 7) is 8.05. The molecule has 0 saturated carbocycles. The van der Waals surface area contributed by atoms with Crippen molar-refractivity contribution in [2.45, 2.75) is 20.4 Å². The van der Waals surface area contributed by atoms with E-state index in [9.17, 15) is 4.79 Å². The van der Waals surface area contributed by atoms with Crippen LogP contribution in [0.4, 0.5) is 5.82 Å². The van der Waals surface area contributed by atoms with E-state index in [-0.39, 0.29) is 5.56 Å². The lowest BCUT2D eigenvalue weighted by molar-refractivity contribution is 0.734. The van der Waals surface area contributed by atoms with Crippen molar-refractivity contribution in [2.75, 3.05) is 12.0 Å². The van der Waals surface area contributed by atoms with Gasteiger partial charge in [0.25, 0.3) is 5.56 Å². The van der Waals surface area contributed by atoms with E-state index in [0.717, 1.165) is 11.3 Å². The van der Waals surface area contributed by atoms with Crippen molar-refractivity contribution in [3.05, 3.63) is 38.1 Å². The van der Waals surface area contributed by atoms with E-state index in [4.69, 9.17) is 5.73 Å². The Bertz CT molecular complexity index is 563. The molecule has 18 heavy (non-hydrogen) atoms. The van der Waals surface area contributed by atoms with Crippen LogP contribution in [0.5, 0.6) is 0 Å². The van der Waals surface area contributed by atoms with Crippen LogP contribution >= 0.6 is 27.7 Å². The standard InChI is InChI=1S/C12H16BrN3OS/c1-5-16-11(14)9(6-10(13)12(16)17)7(2)15-8(3)18-4/h6H,3,5,14H2,1-2,4H3/b15-7-. The zero-order valence-corrected chi connectivity index (χ0v) is 13.1. The molecule has 0 radical (unpaired) electrons. The number of nitrogens with zero attached hydrogens (tertiary/aromatic N) is 2. The maximum atomic E-state index is 11.8. The normalized spacial score (nSPS) is 11.7. The first-order chi connectivity index (χ1) is 8.42. The first-order valence-corrected chi connectivity index (χ1v) is 7.41. The van der Waals surface area contributed by atoms with Crippen molar-refractivity contribution >= 4 is 39.2 Å². The summed E-state index contributed by atoms with van der Waals surface area (Å²) < 4.78 is 2.00.